The maximum Gasteiger partial charge on any atom is 0.410 e. The van der Waals surface area contributed by atoms with E-state index in [4.69, 9.17) is 14.3 Å². The highest BCUT2D eigenvalue weighted by molar-refractivity contribution is 5.68. The van der Waals surface area contributed by atoms with Gasteiger partial charge in [0, 0.05) is 25.6 Å². The van der Waals surface area contributed by atoms with Crippen LogP contribution in [0.1, 0.15) is 65.7 Å². The van der Waals surface area contributed by atoms with Crippen LogP contribution in [0.15, 0.2) is 0 Å². The molecule has 3 saturated heterocycles. The molecule has 0 aromatic rings. The monoisotopic (exact) mass is 395 g/mol. The summed E-state index contributed by atoms with van der Waals surface area (Å²) in [6.45, 7) is 8.16. The third-order valence-corrected chi connectivity index (χ3v) is 6.77. The Morgan fingerprint density at radius 1 is 1.04 bits per heavy atom. The molecule has 3 aliphatic heterocycles. The molecule has 1 amide bonds. The number of rotatable bonds is 3. The number of carbonyl (C=O) groups excluding carboxylic acids is 1. The van der Waals surface area contributed by atoms with Gasteiger partial charge < -0.3 is 14.4 Å². The van der Waals surface area contributed by atoms with E-state index in [0.717, 1.165) is 32.5 Å². The number of nitrogens with zero attached hydrogens (tertiary/aromatic N) is 1. The minimum absolute atomic E-state index is 0.0942. The highest BCUT2D eigenvalue weighted by Gasteiger charge is 2.41. The Hall–Kier alpha value is -0.890. The molecule has 3 heterocycles. The van der Waals surface area contributed by atoms with E-state index < -0.39 is 5.60 Å². The van der Waals surface area contributed by atoms with Crippen LogP contribution in [0.4, 0.5) is 4.79 Å². The third-order valence-electron chi connectivity index (χ3n) is 6.77. The Labute approximate surface area is 168 Å². The van der Waals surface area contributed by atoms with Gasteiger partial charge in [-0.25, -0.2) is 4.79 Å². The number of piperidine rings is 1. The second-order valence-electron chi connectivity index (χ2n) is 9.99. The molecule has 28 heavy (non-hydrogen) atoms. The van der Waals surface area contributed by atoms with Crippen molar-refractivity contribution in [2.45, 2.75) is 89.8 Å². The number of likely N-dealkylation sites (tertiary alicyclic amines) is 1. The van der Waals surface area contributed by atoms with Crippen molar-refractivity contribution in [3.05, 3.63) is 0 Å². The minimum atomic E-state index is -0.439. The number of amides is 1. The average molecular weight is 396 g/mol. The van der Waals surface area contributed by atoms with E-state index in [1.54, 1.807) is 0 Å². The number of nitrogens with one attached hydrogen (secondary N) is 2. The van der Waals surface area contributed by atoms with Crippen LogP contribution < -0.4 is 10.8 Å². The van der Waals surface area contributed by atoms with E-state index in [0.29, 0.717) is 23.9 Å². The van der Waals surface area contributed by atoms with Crippen LogP contribution in [0.25, 0.3) is 0 Å². The van der Waals surface area contributed by atoms with Crippen molar-refractivity contribution >= 4 is 6.09 Å². The van der Waals surface area contributed by atoms with Gasteiger partial charge in [0.1, 0.15) is 11.8 Å². The smallest absolute Gasteiger partial charge is 0.410 e. The number of ether oxygens (including phenoxy) is 2. The van der Waals surface area contributed by atoms with Crippen LogP contribution >= 0.6 is 0 Å². The second kappa shape index (κ2) is 8.46. The fourth-order valence-electron chi connectivity index (χ4n) is 5.10. The maximum atomic E-state index is 12.3. The number of carbonyl (C=O) groups is 1. The van der Waals surface area contributed by atoms with Gasteiger partial charge in [0.25, 0.3) is 0 Å². The predicted octanol–water partition coefficient (Wildman–Crippen LogP) is 3.01. The third kappa shape index (κ3) is 4.81. The summed E-state index contributed by atoms with van der Waals surface area (Å²) in [7, 11) is 0. The molecule has 0 aromatic heterocycles. The van der Waals surface area contributed by atoms with Gasteiger partial charge in [-0.2, -0.15) is 5.48 Å². The van der Waals surface area contributed by atoms with E-state index in [2.05, 4.69) is 10.8 Å². The fourth-order valence-corrected chi connectivity index (χ4v) is 5.10. The number of hydrogen-bond acceptors (Lipinski definition) is 6. The van der Waals surface area contributed by atoms with Crippen LogP contribution in [-0.2, 0) is 14.3 Å². The molecule has 7 heteroatoms. The van der Waals surface area contributed by atoms with Crippen molar-refractivity contribution < 1.29 is 19.1 Å². The quantitative estimate of drug-likeness (QED) is 0.765. The zero-order chi connectivity index (χ0) is 19.7. The van der Waals surface area contributed by atoms with Crippen LogP contribution in [0, 0.1) is 17.8 Å². The molecule has 4 fully saturated rings. The fraction of sp³-hybridized carbons (Fsp3) is 0.952. The topological polar surface area (TPSA) is 72.1 Å². The van der Waals surface area contributed by atoms with E-state index in [9.17, 15) is 4.79 Å². The SMILES string of the molecule is CC(C)(C)OC(=O)N1CCC(C2NOC(C3CCCC(C4CCO4)C3)N2)CC1. The van der Waals surface area contributed by atoms with Crippen molar-refractivity contribution in [1.29, 1.82) is 0 Å². The molecule has 4 aliphatic rings. The first-order valence-electron chi connectivity index (χ1n) is 11.2. The molecule has 0 spiro atoms. The van der Waals surface area contributed by atoms with Gasteiger partial charge in [-0.15, -0.1) is 0 Å². The number of hydrogen-bond donors (Lipinski definition) is 2. The highest BCUT2D eigenvalue weighted by Crippen LogP contribution is 2.38. The normalized spacial score (nSPS) is 37.5. The molecule has 0 radical (unpaired) electrons. The Bertz CT molecular complexity index is 540. The summed E-state index contributed by atoms with van der Waals surface area (Å²) in [5.74, 6) is 1.73. The van der Waals surface area contributed by atoms with Crippen molar-refractivity contribution in [1.82, 2.24) is 15.7 Å². The average Bonchev–Trinajstić information content (AvgIpc) is 3.09. The molecular formula is C21H37N3O4. The zero-order valence-electron chi connectivity index (χ0n) is 17.6. The van der Waals surface area contributed by atoms with Crippen molar-refractivity contribution in [2.24, 2.45) is 17.8 Å². The van der Waals surface area contributed by atoms with E-state index in [1.165, 1.54) is 32.1 Å². The van der Waals surface area contributed by atoms with Gasteiger partial charge in [0.05, 0.1) is 12.3 Å². The summed E-state index contributed by atoms with van der Waals surface area (Å²) in [5, 5.41) is 3.70. The Kier molecular flexibility index (Phi) is 6.16. The molecular weight excluding hydrogens is 358 g/mol. The first kappa shape index (κ1) is 20.4. The lowest BCUT2D eigenvalue weighted by Crippen LogP contribution is -2.49. The lowest BCUT2D eigenvalue weighted by molar-refractivity contribution is -0.107. The lowest BCUT2D eigenvalue weighted by atomic mass is 9.76. The number of hydroxylamine groups is 1. The zero-order valence-corrected chi connectivity index (χ0v) is 17.6. The maximum absolute atomic E-state index is 12.3. The Morgan fingerprint density at radius 3 is 2.39 bits per heavy atom. The molecule has 0 aromatic carbocycles. The van der Waals surface area contributed by atoms with Crippen LogP contribution in [-0.4, -0.2) is 54.8 Å². The summed E-state index contributed by atoms with van der Waals surface area (Å²) >= 11 is 0. The first-order valence-corrected chi connectivity index (χ1v) is 11.2. The van der Waals surface area contributed by atoms with Gasteiger partial charge in [-0.05, 0) is 71.1 Å². The summed E-state index contributed by atoms with van der Waals surface area (Å²) in [6.07, 6.45) is 8.72. The Morgan fingerprint density at radius 2 is 1.75 bits per heavy atom. The largest absolute Gasteiger partial charge is 0.444 e. The predicted molar refractivity (Wildman–Crippen MR) is 105 cm³/mol. The second-order valence-corrected chi connectivity index (χ2v) is 9.99. The summed E-state index contributed by atoms with van der Waals surface area (Å²) in [5.41, 5.74) is 2.81. The molecule has 4 rings (SSSR count). The van der Waals surface area contributed by atoms with Gasteiger partial charge in [0.15, 0.2) is 0 Å². The minimum Gasteiger partial charge on any atom is -0.444 e. The molecule has 1 saturated carbocycles. The first-order chi connectivity index (χ1) is 13.4. The molecule has 160 valence electrons. The standard InChI is InChI=1S/C21H37N3O4/c1-21(2,3)27-20(25)24-10-7-14(8-11-24)18-22-19(28-23-18)16-6-4-5-15(13-16)17-9-12-26-17/h14-19,22-23H,4-13H2,1-3H3. The summed E-state index contributed by atoms with van der Waals surface area (Å²) in [6, 6.07) is 0. The van der Waals surface area contributed by atoms with Gasteiger partial charge in [0.2, 0.25) is 0 Å². The van der Waals surface area contributed by atoms with E-state index in [1.807, 2.05) is 25.7 Å². The summed E-state index contributed by atoms with van der Waals surface area (Å²) < 4.78 is 11.2. The highest BCUT2D eigenvalue weighted by atomic mass is 16.7. The van der Waals surface area contributed by atoms with Crippen LogP contribution in [0.5, 0.6) is 0 Å². The molecule has 0 bridgehead atoms. The van der Waals surface area contributed by atoms with E-state index in [-0.39, 0.29) is 18.5 Å². The van der Waals surface area contributed by atoms with Crippen LogP contribution in [0.3, 0.4) is 0 Å². The van der Waals surface area contributed by atoms with Crippen molar-refractivity contribution in [2.75, 3.05) is 19.7 Å². The molecule has 2 N–H and O–H groups in total. The Balaban J connectivity index is 1.22. The van der Waals surface area contributed by atoms with E-state index >= 15 is 0 Å². The molecule has 5 unspecified atom stereocenters. The van der Waals surface area contributed by atoms with Crippen molar-refractivity contribution in [3.8, 4) is 0 Å². The van der Waals surface area contributed by atoms with Gasteiger partial charge in [-0.3, -0.25) is 10.2 Å². The summed E-state index contributed by atoms with van der Waals surface area (Å²) in [4.78, 5) is 20.1. The van der Waals surface area contributed by atoms with Crippen LogP contribution in [0.2, 0.25) is 0 Å². The molecule has 5 atom stereocenters. The lowest BCUT2D eigenvalue weighted by Gasteiger charge is -2.40. The molecule has 1 aliphatic carbocycles. The molecule has 7 nitrogen and oxygen atoms in total. The van der Waals surface area contributed by atoms with Gasteiger partial charge >= 0.3 is 6.09 Å². The van der Waals surface area contributed by atoms with Crippen molar-refractivity contribution in [3.63, 3.8) is 0 Å². The van der Waals surface area contributed by atoms with Gasteiger partial charge in [-0.1, -0.05) is 6.42 Å².